The molecule has 0 saturated heterocycles. The van der Waals surface area contributed by atoms with E-state index in [1.807, 2.05) is 6.92 Å². The first-order valence-corrected chi connectivity index (χ1v) is 10.8. The average Bonchev–Trinajstić information content (AvgIpc) is 2.97. The first-order valence-electron chi connectivity index (χ1n) is 9.40. The molecule has 0 aliphatic carbocycles. The maximum absolute atomic E-state index is 12.8. The van der Waals surface area contributed by atoms with Gasteiger partial charge >= 0.3 is 162 Å². The monoisotopic (exact) mass is 426 g/mol. The van der Waals surface area contributed by atoms with Gasteiger partial charge in [-0.1, -0.05) is 0 Å². The number of nitrogens with zero attached hydrogens (tertiary/aromatic N) is 4. The van der Waals surface area contributed by atoms with E-state index in [0.29, 0.717) is 11.2 Å². The van der Waals surface area contributed by atoms with Gasteiger partial charge in [0.05, 0.1) is 0 Å². The number of aliphatic hydroxyl groups excluding tert-OH is 1. The molecule has 0 saturated carbocycles. The number of hydrogen-bond acceptors (Lipinski definition) is 4. The van der Waals surface area contributed by atoms with Gasteiger partial charge < -0.3 is 0 Å². The summed E-state index contributed by atoms with van der Waals surface area (Å²) in [6.07, 6.45) is 9.78. The van der Waals surface area contributed by atoms with Crippen LogP contribution in [0.5, 0.6) is 0 Å². The van der Waals surface area contributed by atoms with Crippen molar-refractivity contribution in [2.24, 2.45) is 14.1 Å². The third kappa shape index (κ3) is 4.89. The number of aliphatic hydroxyl groups is 1. The molecule has 0 aliphatic rings. The van der Waals surface area contributed by atoms with Crippen molar-refractivity contribution in [3.8, 4) is 0 Å². The summed E-state index contributed by atoms with van der Waals surface area (Å²) in [5, 5.41) is 9.24. The second-order valence-corrected chi connectivity index (χ2v) is 8.77. The van der Waals surface area contributed by atoms with Crippen LogP contribution in [0.3, 0.4) is 0 Å². The zero-order valence-corrected chi connectivity index (χ0v) is 18.4. The molecule has 0 radical (unpaired) electrons. The van der Waals surface area contributed by atoms with E-state index in [2.05, 4.69) is 4.98 Å². The standard InChI is InChI=1S/C18H31AsN4O3/c1-13(24)10-8-6-4-5-7-9-11-14(19)23-17(25)15-16(20-12-21(15)2)22(3)18(23)26/h12-14,24H,4-11,19H2,1-3H3. The van der Waals surface area contributed by atoms with Crippen molar-refractivity contribution in [3.63, 3.8) is 0 Å². The van der Waals surface area contributed by atoms with Gasteiger partial charge in [0.1, 0.15) is 0 Å². The predicted molar refractivity (Wildman–Crippen MR) is 106 cm³/mol. The van der Waals surface area contributed by atoms with E-state index in [0.717, 1.165) is 44.9 Å². The van der Waals surface area contributed by atoms with Crippen molar-refractivity contribution in [1.29, 1.82) is 0 Å². The van der Waals surface area contributed by atoms with Crippen molar-refractivity contribution in [2.45, 2.75) is 69.2 Å². The van der Waals surface area contributed by atoms with E-state index in [1.54, 1.807) is 25.0 Å². The van der Waals surface area contributed by atoms with Gasteiger partial charge in [0.2, 0.25) is 0 Å². The van der Waals surface area contributed by atoms with Gasteiger partial charge in [-0.05, 0) is 0 Å². The Morgan fingerprint density at radius 2 is 1.65 bits per heavy atom. The van der Waals surface area contributed by atoms with Gasteiger partial charge in [0, 0.05) is 0 Å². The van der Waals surface area contributed by atoms with Gasteiger partial charge in [0.25, 0.3) is 0 Å². The quantitative estimate of drug-likeness (QED) is 0.455. The van der Waals surface area contributed by atoms with Crippen molar-refractivity contribution >= 4 is 28.0 Å². The number of aromatic nitrogens is 4. The summed E-state index contributed by atoms with van der Waals surface area (Å²) in [6.45, 7) is 1.83. The molecule has 0 fully saturated rings. The van der Waals surface area contributed by atoms with Gasteiger partial charge in [-0.25, -0.2) is 0 Å². The zero-order valence-electron chi connectivity index (χ0n) is 16.0. The summed E-state index contributed by atoms with van der Waals surface area (Å²) >= 11 is 1.41. The number of hydrogen-bond donors (Lipinski definition) is 1. The first-order chi connectivity index (χ1) is 12.3. The van der Waals surface area contributed by atoms with E-state index in [1.165, 1.54) is 32.4 Å². The number of fused-ring (bicyclic) bond motifs is 1. The number of rotatable bonds is 10. The Bertz CT molecular complexity index is 837. The normalized spacial score (nSPS) is 14.0. The molecular weight excluding hydrogens is 395 g/mol. The zero-order chi connectivity index (χ0) is 19.3. The molecule has 2 rings (SSSR count). The summed E-state index contributed by atoms with van der Waals surface area (Å²) in [6, 6.07) is 0. The van der Waals surface area contributed by atoms with Gasteiger partial charge in [0.15, 0.2) is 0 Å². The van der Waals surface area contributed by atoms with Crippen LogP contribution in [0.15, 0.2) is 15.9 Å². The van der Waals surface area contributed by atoms with Crippen LogP contribution < -0.4 is 11.2 Å². The van der Waals surface area contributed by atoms with E-state index >= 15 is 0 Å². The molecule has 0 aliphatic heterocycles. The molecule has 2 aromatic heterocycles. The molecule has 7 nitrogen and oxygen atoms in total. The molecule has 2 heterocycles. The Kier molecular flexibility index (Phi) is 7.71. The molecule has 0 amide bonds. The minimum atomic E-state index is -0.284. The van der Waals surface area contributed by atoms with E-state index in [9.17, 15) is 14.7 Å². The van der Waals surface area contributed by atoms with Crippen LogP contribution in [0.1, 0.15) is 63.1 Å². The van der Waals surface area contributed by atoms with Crippen molar-refractivity contribution in [2.75, 3.05) is 0 Å². The summed E-state index contributed by atoms with van der Waals surface area (Å²) in [5.74, 6) is 0. The van der Waals surface area contributed by atoms with Crippen LogP contribution >= 0.6 is 0 Å². The topological polar surface area (TPSA) is 82.1 Å². The van der Waals surface area contributed by atoms with Gasteiger partial charge in [-0.15, -0.1) is 0 Å². The van der Waals surface area contributed by atoms with Crippen LogP contribution in [0.25, 0.3) is 11.2 Å². The number of imidazole rings is 1. The molecule has 26 heavy (non-hydrogen) atoms. The molecule has 1 N–H and O–H groups in total. The van der Waals surface area contributed by atoms with Crippen LogP contribution in [0, 0.1) is 0 Å². The Hall–Kier alpha value is -1.33. The molecule has 0 spiro atoms. The third-order valence-corrected chi connectivity index (χ3v) is 6.18. The first kappa shape index (κ1) is 21.0. The summed E-state index contributed by atoms with van der Waals surface area (Å²) in [5.41, 5.74) is 0.396. The molecule has 0 aromatic carbocycles. The minimum absolute atomic E-state index is 0.0664. The fourth-order valence-electron chi connectivity index (χ4n) is 3.28. The molecule has 8 heteroatoms. The van der Waals surface area contributed by atoms with Crippen LogP contribution in [0.4, 0.5) is 0 Å². The van der Waals surface area contributed by atoms with Gasteiger partial charge in [-0.2, -0.15) is 0 Å². The molecule has 146 valence electrons. The summed E-state index contributed by atoms with van der Waals surface area (Å²) in [7, 11) is 3.44. The molecule has 3 atom stereocenters. The second-order valence-electron chi connectivity index (χ2n) is 7.16. The third-order valence-electron chi connectivity index (χ3n) is 4.85. The molecular formula is C18H31AsN4O3. The number of unbranched alkanes of at least 4 members (excludes halogenated alkanes) is 5. The Morgan fingerprint density at radius 1 is 1.08 bits per heavy atom. The fraction of sp³-hybridized carbons (Fsp3) is 0.722. The molecule has 2 aromatic rings. The summed E-state index contributed by atoms with van der Waals surface area (Å²) in [4.78, 5) is 29.4. The fourth-order valence-corrected chi connectivity index (χ4v) is 4.33. The van der Waals surface area contributed by atoms with Crippen molar-refractivity contribution in [3.05, 3.63) is 27.2 Å². The maximum atomic E-state index is 12.8. The molecule has 3 unspecified atom stereocenters. The van der Waals surface area contributed by atoms with Crippen molar-refractivity contribution in [1.82, 2.24) is 18.7 Å². The van der Waals surface area contributed by atoms with Gasteiger partial charge in [-0.3, -0.25) is 0 Å². The molecule has 0 bridgehead atoms. The van der Waals surface area contributed by atoms with Crippen LogP contribution in [0.2, 0.25) is 0 Å². The van der Waals surface area contributed by atoms with Crippen molar-refractivity contribution < 1.29 is 5.11 Å². The van der Waals surface area contributed by atoms with Crippen LogP contribution in [-0.2, 0) is 14.1 Å². The second kappa shape index (κ2) is 9.56. The Balaban J connectivity index is 1.92. The van der Waals surface area contributed by atoms with E-state index < -0.39 is 0 Å². The SMILES string of the molecule is CC(O)CCCCCCCCC([AsH2])n1c(=O)c2c(ncn2C)n(C)c1=O. The van der Waals surface area contributed by atoms with E-state index in [4.69, 9.17) is 0 Å². The Morgan fingerprint density at radius 3 is 2.27 bits per heavy atom. The Labute approximate surface area is 162 Å². The average molecular weight is 426 g/mol. The summed E-state index contributed by atoms with van der Waals surface area (Å²) < 4.78 is 4.54. The number of aryl methyl sites for hydroxylation is 2. The van der Waals surface area contributed by atoms with E-state index in [-0.39, 0.29) is 22.2 Å². The van der Waals surface area contributed by atoms with Crippen LogP contribution in [-0.4, -0.2) is 46.7 Å². The predicted octanol–water partition coefficient (Wildman–Crippen LogP) is 1.07.